The number of anilines is 2. The molecule has 1 aliphatic carbocycles. The van der Waals surface area contributed by atoms with Crippen LogP contribution in [0.4, 0.5) is 24.8 Å². The Morgan fingerprint density at radius 1 is 1.08 bits per heavy atom. The lowest BCUT2D eigenvalue weighted by molar-refractivity contribution is -0.143. The van der Waals surface area contributed by atoms with Crippen molar-refractivity contribution in [1.29, 1.82) is 0 Å². The summed E-state index contributed by atoms with van der Waals surface area (Å²) in [6.07, 6.45) is 1.61. The molecule has 190 valence electrons. The first-order chi connectivity index (χ1) is 17.7. The van der Waals surface area contributed by atoms with Gasteiger partial charge in [-0.1, -0.05) is 24.3 Å². The molecule has 7 nitrogen and oxygen atoms in total. The number of ether oxygens (including phenoxy) is 1. The SMILES string of the molecule is COC(=O)C1CCC(n2cc(-c3cc(C)cc(Nc4cc(C(F)(F)F)ccn4)n3)cn2)c2ccccc21. The van der Waals surface area contributed by atoms with E-state index in [1.165, 1.54) is 7.11 Å². The highest BCUT2D eigenvalue weighted by Gasteiger charge is 2.33. The zero-order chi connectivity index (χ0) is 26.2. The standard InChI is InChI=1S/C27H24F3N5O2/c1-16-11-22(33-25(12-16)34-24-13-18(9-10-31-24)27(28,29)30)17-14-32-35(15-17)23-8-7-21(26(36)37-2)19-5-3-4-6-20(19)23/h3-6,9-15,21,23H,7-8H2,1-2H3,(H,31,33,34). The van der Waals surface area contributed by atoms with Gasteiger partial charge in [0, 0.05) is 18.0 Å². The summed E-state index contributed by atoms with van der Waals surface area (Å²) in [6.45, 7) is 1.88. The Morgan fingerprint density at radius 2 is 1.86 bits per heavy atom. The molecule has 0 fully saturated rings. The van der Waals surface area contributed by atoms with E-state index in [-0.39, 0.29) is 23.7 Å². The van der Waals surface area contributed by atoms with Crippen LogP contribution in [-0.2, 0) is 15.7 Å². The minimum atomic E-state index is -4.46. The summed E-state index contributed by atoms with van der Waals surface area (Å²) in [4.78, 5) is 20.9. The Labute approximate surface area is 211 Å². The number of carbonyl (C=O) groups excluding carboxylic acids is 1. The molecule has 5 rings (SSSR count). The van der Waals surface area contributed by atoms with Crippen molar-refractivity contribution in [1.82, 2.24) is 19.7 Å². The van der Waals surface area contributed by atoms with Crippen molar-refractivity contribution >= 4 is 17.6 Å². The Bertz CT molecular complexity index is 1450. The van der Waals surface area contributed by atoms with Gasteiger partial charge in [0.2, 0.25) is 0 Å². The van der Waals surface area contributed by atoms with Gasteiger partial charge in [0.05, 0.1) is 36.5 Å². The van der Waals surface area contributed by atoms with Crippen LogP contribution >= 0.6 is 0 Å². The zero-order valence-corrected chi connectivity index (χ0v) is 20.2. The molecule has 0 bridgehead atoms. The molecule has 37 heavy (non-hydrogen) atoms. The predicted octanol–water partition coefficient (Wildman–Crippen LogP) is 6.05. The fraction of sp³-hybridized carbons (Fsp3) is 0.259. The van der Waals surface area contributed by atoms with Crippen LogP contribution in [0, 0.1) is 6.92 Å². The van der Waals surface area contributed by atoms with E-state index in [1.54, 1.807) is 12.3 Å². The second-order valence-corrected chi connectivity index (χ2v) is 8.97. The van der Waals surface area contributed by atoms with Crippen LogP contribution in [0.5, 0.6) is 0 Å². The van der Waals surface area contributed by atoms with Crippen molar-refractivity contribution in [3.63, 3.8) is 0 Å². The summed E-state index contributed by atoms with van der Waals surface area (Å²) in [6, 6.07) is 13.3. The number of alkyl halides is 3. The van der Waals surface area contributed by atoms with Crippen molar-refractivity contribution in [2.45, 2.75) is 37.9 Å². The molecule has 0 radical (unpaired) electrons. The third-order valence-corrected chi connectivity index (χ3v) is 6.47. The number of benzene rings is 1. The minimum Gasteiger partial charge on any atom is -0.469 e. The largest absolute Gasteiger partial charge is 0.469 e. The average Bonchev–Trinajstić information content (AvgIpc) is 3.37. The summed E-state index contributed by atoms with van der Waals surface area (Å²) < 4.78 is 46.1. The predicted molar refractivity (Wildman–Crippen MR) is 131 cm³/mol. The second kappa shape index (κ2) is 9.68. The van der Waals surface area contributed by atoms with Crippen molar-refractivity contribution in [3.05, 3.63) is 89.4 Å². The molecule has 10 heteroatoms. The molecule has 0 saturated heterocycles. The molecular weight excluding hydrogens is 483 g/mol. The lowest BCUT2D eigenvalue weighted by Gasteiger charge is -2.30. The number of hydrogen-bond acceptors (Lipinski definition) is 6. The fourth-order valence-electron chi connectivity index (χ4n) is 4.76. The van der Waals surface area contributed by atoms with Crippen LogP contribution in [-0.4, -0.2) is 32.8 Å². The number of esters is 1. The van der Waals surface area contributed by atoms with Crippen molar-refractivity contribution < 1.29 is 22.7 Å². The highest BCUT2D eigenvalue weighted by Crippen LogP contribution is 2.40. The number of halogens is 3. The molecule has 0 spiro atoms. The number of fused-ring (bicyclic) bond motifs is 1. The lowest BCUT2D eigenvalue weighted by atomic mass is 9.80. The molecule has 3 aromatic heterocycles. The second-order valence-electron chi connectivity index (χ2n) is 8.97. The first-order valence-corrected chi connectivity index (χ1v) is 11.7. The van der Waals surface area contributed by atoms with Crippen molar-refractivity contribution in [3.8, 4) is 11.3 Å². The quantitative estimate of drug-likeness (QED) is 0.331. The molecule has 2 atom stereocenters. The normalized spacial score (nSPS) is 17.2. The highest BCUT2D eigenvalue weighted by molar-refractivity contribution is 5.79. The Hall–Kier alpha value is -4.21. The van der Waals surface area contributed by atoms with E-state index in [1.807, 2.05) is 48.1 Å². The number of pyridine rings is 2. The Kier molecular flexibility index (Phi) is 6.41. The van der Waals surface area contributed by atoms with Crippen LogP contribution in [0.15, 0.2) is 67.1 Å². The van der Waals surface area contributed by atoms with E-state index in [4.69, 9.17) is 4.74 Å². The van der Waals surface area contributed by atoms with E-state index in [0.717, 1.165) is 40.6 Å². The molecule has 3 heterocycles. The number of nitrogens with zero attached hydrogens (tertiary/aromatic N) is 4. The van der Waals surface area contributed by atoms with E-state index in [9.17, 15) is 18.0 Å². The number of aromatic nitrogens is 4. The molecular formula is C27H24F3N5O2. The number of aryl methyl sites for hydroxylation is 1. The molecule has 0 amide bonds. The summed E-state index contributed by atoms with van der Waals surface area (Å²) in [5.41, 5.74) is 3.43. The summed E-state index contributed by atoms with van der Waals surface area (Å²) in [5.74, 6) is -0.123. The highest BCUT2D eigenvalue weighted by atomic mass is 19.4. The number of nitrogens with one attached hydrogen (secondary N) is 1. The average molecular weight is 508 g/mol. The third-order valence-electron chi connectivity index (χ3n) is 6.47. The third kappa shape index (κ3) is 5.04. The number of rotatable bonds is 5. The van der Waals surface area contributed by atoms with Crippen LogP contribution in [0.3, 0.4) is 0 Å². The van der Waals surface area contributed by atoms with Gasteiger partial charge in [-0.15, -0.1) is 0 Å². The van der Waals surface area contributed by atoms with E-state index < -0.39 is 11.7 Å². The smallest absolute Gasteiger partial charge is 0.416 e. The molecule has 1 aromatic carbocycles. The summed E-state index contributed by atoms with van der Waals surface area (Å²) >= 11 is 0. The number of hydrogen-bond donors (Lipinski definition) is 1. The van der Waals surface area contributed by atoms with Gasteiger partial charge >= 0.3 is 12.1 Å². The molecule has 1 aliphatic rings. The van der Waals surface area contributed by atoms with Gasteiger partial charge < -0.3 is 10.1 Å². The first-order valence-electron chi connectivity index (χ1n) is 11.7. The number of carbonyl (C=O) groups is 1. The Morgan fingerprint density at radius 3 is 2.62 bits per heavy atom. The lowest BCUT2D eigenvalue weighted by Crippen LogP contribution is -2.25. The maximum absolute atomic E-state index is 13.1. The molecule has 2 unspecified atom stereocenters. The van der Waals surface area contributed by atoms with E-state index in [2.05, 4.69) is 20.4 Å². The topological polar surface area (TPSA) is 81.9 Å². The van der Waals surface area contributed by atoms with Crippen LogP contribution in [0.25, 0.3) is 11.3 Å². The molecule has 4 aromatic rings. The minimum absolute atomic E-state index is 0.0496. The molecule has 0 aliphatic heterocycles. The van der Waals surface area contributed by atoms with Gasteiger partial charge in [0.15, 0.2) is 0 Å². The van der Waals surface area contributed by atoms with Gasteiger partial charge in [0.25, 0.3) is 0 Å². The maximum Gasteiger partial charge on any atom is 0.416 e. The fourth-order valence-corrected chi connectivity index (χ4v) is 4.76. The summed E-state index contributed by atoms with van der Waals surface area (Å²) in [7, 11) is 1.40. The van der Waals surface area contributed by atoms with Gasteiger partial charge in [-0.05, 0) is 60.7 Å². The maximum atomic E-state index is 13.1. The number of methoxy groups -OCH3 is 1. The zero-order valence-electron chi connectivity index (χ0n) is 20.2. The van der Waals surface area contributed by atoms with Crippen LogP contribution < -0.4 is 5.32 Å². The van der Waals surface area contributed by atoms with Crippen molar-refractivity contribution in [2.75, 3.05) is 12.4 Å². The van der Waals surface area contributed by atoms with Gasteiger partial charge in [-0.25, -0.2) is 9.97 Å². The summed E-state index contributed by atoms with van der Waals surface area (Å²) in [5, 5.41) is 7.47. The monoisotopic (exact) mass is 507 g/mol. The van der Waals surface area contributed by atoms with Crippen LogP contribution in [0.1, 0.15) is 47.1 Å². The van der Waals surface area contributed by atoms with E-state index in [0.29, 0.717) is 24.4 Å². The van der Waals surface area contributed by atoms with E-state index >= 15 is 0 Å². The van der Waals surface area contributed by atoms with Crippen LogP contribution in [0.2, 0.25) is 0 Å². The molecule has 1 N–H and O–H groups in total. The van der Waals surface area contributed by atoms with Gasteiger partial charge in [-0.2, -0.15) is 18.3 Å². The first kappa shape index (κ1) is 24.5. The van der Waals surface area contributed by atoms with Crippen molar-refractivity contribution in [2.24, 2.45) is 0 Å². The van der Waals surface area contributed by atoms with Gasteiger partial charge in [0.1, 0.15) is 11.6 Å². The molecule has 0 saturated carbocycles. The van der Waals surface area contributed by atoms with Gasteiger partial charge in [-0.3, -0.25) is 9.48 Å². The Balaban J connectivity index is 1.42.